The molecule has 0 aromatic carbocycles. The van der Waals surface area contributed by atoms with E-state index in [1.165, 1.54) is 11.3 Å². The SMILES string of the molecule is C1=CCc2c(N=C3C=C(C4=CC4)N3)n[nH]c2C=C1. The van der Waals surface area contributed by atoms with Crippen LogP contribution in [0.3, 0.4) is 0 Å². The summed E-state index contributed by atoms with van der Waals surface area (Å²) >= 11 is 0. The molecule has 0 unspecified atom stereocenters. The zero-order chi connectivity index (χ0) is 11.9. The maximum Gasteiger partial charge on any atom is 0.179 e. The topological polar surface area (TPSA) is 53.1 Å². The van der Waals surface area contributed by atoms with Crippen molar-refractivity contribution in [3.63, 3.8) is 0 Å². The zero-order valence-electron chi connectivity index (χ0n) is 9.77. The molecule has 1 aliphatic heterocycles. The molecule has 0 amide bonds. The third-order valence-electron chi connectivity index (χ3n) is 3.23. The monoisotopic (exact) mass is 236 g/mol. The second-order valence-corrected chi connectivity index (χ2v) is 4.54. The van der Waals surface area contributed by atoms with Gasteiger partial charge in [-0.05, 0) is 24.5 Å². The van der Waals surface area contributed by atoms with Gasteiger partial charge >= 0.3 is 0 Å². The Bertz CT molecular complexity index is 668. The first kappa shape index (κ1) is 9.65. The van der Waals surface area contributed by atoms with Crippen molar-refractivity contribution in [1.29, 1.82) is 0 Å². The van der Waals surface area contributed by atoms with Gasteiger partial charge in [-0.15, -0.1) is 0 Å². The maximum atomic E-state index is 4.53. The number of nitrogens with zero attached hydrogens (tertiary/aromatic N) is 2. The quantitative estimate of drug-likeness (QED) is 0.828. The van der Waals surface area contributed by atoms with Gasteiger partial charge in [-0.1, -0.05) is 24.3 Å². The number of rotatable bonds is 2. The normalized spacial score (nSPS) is 21.7. The Balaban J connectivity index is 1.65. The van der Waals surface area contributed by atoms with Crippen molar-refractivity contribution < 1.29 is 0 Å². The van der Waals surface area contributed by atoms with Crippen LogP contribution in [0.4, 0.5) is 5.82 Å². The number of aromatic amines is 1. The van der Waals surface area contributed by atoms with E-state index in [9.17, 15) is 0 Å². The molecule has 0 spiro atoms. The number of hydrogen-bond donors (Lipinski definition) is 2. The molecule has 0 bridgehead atoms. The van der Waals surface area contributed by atoms with Gasteiger partial charge in [-0.25, -0.2) is 4.99 Å². The highest BCUT2D eigenvalue weighted by atomic mass is 15.2. The smallest absolute Gasteiger partial charge is 0.179 e. The molecule has 0 atom stereocenters. The van der Waals surface area contributed by atoms with Gasteiger partial charge < -0.3 is 5.32 Å². The summed E-state index contributed by atoms with van der Waals surface area (Å²) < 4.78 is 0. The first-order chi connectivity index (χ1) is 8.90. The van der Waals surface area contributed by atoms with Crippen LogP contribution in [0.5, 0.6) is 0 Å². The second kappa shape index (κ2) is 3.57. The summed E-state index contributed by atoms with van der Waals surface area (Å²) in [6, 6.07) is 0. The largest absolute Gasteiger partial charge is 0.340 e. The molecule has 2 heterocycles. The van der Waals surface area contributed by atoms with Crippen LogP contribution in [0.25, 0.3) is 6.08 Å². The van der Waals surface area contributed by atoms with Gasteiger partial charge in [0.25, 0.3) is 0 Å². The molecule has 4 nitrogen and oxygen atoms in total. The van der Waals surface area contributed by atoms with Crippen LogP contribution in [-0.2, 0) is 6.42 Å². The van der Waals surface area contributed by atoms with Crippen LogP contribution in [0.1, 0.15) is 17.7 Å². The van der Waals surface area contributed by atoms with E-state index in [0.717, 1.165) is 35.8 Å². The number of amidine groups is 1. The van der Waals surface area contributed by atoms with Crippen molar-refractivity contribution in [3.05, 3.63) is 52.9 Å². The van der Waals surface area contributed by atoms with Gasteiger partial charge in [-0.3, -0.25) is 5.10 Å². The van der Waals surface area contributed by atoms with E-state index in [1.54, 1.807) is 0 Å². The van der Waals surface area contributed by atoms with E-state index in [2.05, 4.69) is 38.7 Å². The van der Waals surface area contributed by atoms with E-state index in [0.29, 0.717) is 0 Å². The van der Waals surface area contributed by atoms with Crippen molar-refractivity contribution in [2.24, 2.45) is 4.99 Å². The second-order valence-electron chi connectivity index (χ2n) is 4.54. The predicted octanol–water partition coefficient (Wildman–Crippen LogP) is 2.38. The summed E-state index contributed by atoms with van der Waals surface area (Å²) in [4.78, 5) is 4.53. The average Bonchev–Trinajstić information content (AvgIpc) is 3.11. The summed E-state index contributed by atoms with van der Waals surface area (Å²) in [7, 11) is 0. The molecule has 4 heteroatoms. The summed E-state index contributed by atoms with van der Waals surface area (Å²) in [5, 5.41) is 10.5. The third kappa shape index (κ3) is 1.54. The Morgan fingerprint density at radius 1 is 1.22 bits per heavy atom. The standard InChI is InChI=1S/C14H12N4/c1-2-4-10-11(5-3-1)17-18-14(10)16-13-8-12(15-13)9-6-7-9/h1-3,5-6,8H,4,7H2,(H2,15,16,17,18). The molecular weight excluding hydrogens is 224 g/mol. The molecule has 1 aromatic rings. The molecule has 0 fully saturated rings. The lowest BCUT2D eigenvalue weighted by Gasteiger charge is -2.17. The van der Waals surface area contributed by atoms with Crippen LogP contribution in [-0.4, -0.2) is 16.0 Å². The number of H-pyrrole nitrogens is 1. The van der Waals surface area contributed by atoms with Crippen LogP contribution in [0.15, 0.2) is 46.6 Å². The fourth-order valence-corrected chi connectivity index (χ4v) is 2.10. The minimum Gasteiger partial charge on any atom is -0.340 e. The first-order valence-corrected chi connectivity index (χ1v) is 6.07. The van der Waals surface area contributed by atoms with Crippen molar-refractivity contribution in [2.75, 3.05) is 0 Å². The van der Waals surface area contributed by atoms with Gasteiger partial charge in [0.05, 0.1) is 5.69 Å². The Labute approximate surface area is 105 Å². The Morgan fingerprint density at radius 2 is 2.11 bits per heavy atom. The molecular formula is C14H12N4. The van der Waals surface area contributed by atoms with E-state index in [-0.39, 0.29) is 0 Å². The fraction of sp³-hybridized carbons (Fsp3) is 0.143. The zero-order valence-corrected chi connectivity index (χ0v) is 9.77. The highest BCUT2D eigenvalue weighted by molar-refractivity contribution is 6.03. The number of aliphatic imine (C=N–C) groups is 1. The lowest BCUT2D eigenvalue weighted by atomic mass is 10.1. The molecule has 2 aliphatic carbocycles. The van der Waals surface area contributed by atoms with Gasteiger partial charge in [0.1, 0.15) is 5.84 Å². The Morgan fingerprint density at radius 3 is 2.94 bits per heavy atom. The average molecular weight is 236 g/mol. The van der Waals surface area contributed by atoms with Crippen LogP contribution in [0, 0.1) is 0 Å². The fourth-order valence-electron chi connectivity index (χ4n) is 2.10. The highest BCUT2D eigenvalue weighted by Gasteiger charge is 2.22. The minimum absolute atomic E-state index is 0.781. The molecule has 18 heavy (non-hydrogen) atoms. The minimum atomic E-state index is 0.781. The van der Waals surface area contributed by atoms with Crippen LogP contribution >= 0.6 is 0 Å². The maximum absolute atomic E-state index is 4.53. The van der Waals surface area contributed by atoms with E-state index in [4.69, 9.17) is 0 Å². The summed E-state index contributed by atoms with van der Waals surface area (Å²) in [6.45, 7) is 0. The molecule has 0 radical (unpaired) electrons. The number of fused-ring (bicyclic) bond motifs is 1. The van der Waals surface area contributed by atoms with Crippen molar-refractivity contribution in [1.82, 2.24) is 15.5 Å². The first-order valence-electron chi connectivity index (χ1n) is 6.07. The van der Waals surface area contributed by atoms with Crippen molar-refractivity contribution in [2.45, 2.75) is 12.8 Å². The summed E-state index contributed by atoms with van der Waals surface area (Å²) in [5.74, 6) is 1.67. The van der Waals surface area contributed by atoms with Gasteiger partial charge in [0, 0.05) is 17.3 Å². The Hall–Kier alpha value is -2.36. The molecule has 0 saturated carbocycles. The predicted molar refractivity (Wildman–Crippen MR) is 71.5 cm³/mol. The van der Waals surface area contributed by atoms with Crippen LogP contribution in [0.2, 0.25) is 0 Å². The molecule has 1 aromatic heterocycles. The number of allylic oxidation sites excluding steroid dienone is 5. The number of hydrogen-bond acceptors (Lipinski definition) is 2. The lowest BCUT2D eigenvalue weighted by molar-refractivity contribution is 1.05. The molecule has 2 N–H and O–H groups in total. The third-order valence-corrected chi connectivity index (χ3v) is 3.23. The number of aromatic nitrogens is 2. The van der Waals surface area contributed by atoms with Crippen LogP contribution < -0.4 is 5.32 Å². The van der Waals surface area contributed by atoms with Crippen molar-refractivity contribution >= 4 is 17.7 Å². The van der Waals surface area contributed by atoms with Gasteiger partial charge in [-0.2, -0.15) is 5.10 Å². The summed E-state index contributed by atoms with van der Waals surface area (Å²) in [6.07, 6.45) is 14.5. The lowest BCUT2D eigenvalue weighted by Crippen LogP contribution is -2.30. The summed E-state index contributed by atoms with van der Waals surface area (Å²) in [5.41, 5.74) is 4.80. The van der Waals surface area contributed by atoms with E-state index in [1.807, 2.05) is 18.2 Å². The molecule has 0 saturated heterocycles. The van der Waals surface area contributed by atoms with Crippen molar-refractivity contribution in [3.8, 4) is 0 Å². The Kier molecular flexibility index (Phi) is 1.91. The molecule has 88 valence electrons. The van der Waals surface area contributed by atoms with E-state index < -0.39 is 0 Å². The highest BCUT2D eigenvalue weighted by Crippen LogP contribution is 2.30. The molecule has 4 rings (SSSR count). The molecule has 3 aliphatic rings. The number of nitrogens with one attached hydrogen (secondary N) is 2. The van der Waals surface area contributed by atoms with E-state index >= 15 is 0 Å². The van der Waals surface area contributed by atoms with Gasteiger partial charge in [0.2, 0.25) is 0 Å². The van der Waals surface area contributed by atoms with Gasteiger partial charge in [0.15, 0.2) is 5.82 Å².